The smallest absolute Gasteiger partial charge is 0.161 e. The summed E-state index contributed by atoms with van der Waals surface area (Å²) in [6, 6.07) is 2.46. The second-order valence-corrected chi connectivity index (χ2v) is 2.51. The molecule has 1 aromatic carbocycles. The maximum absolute atomic E-state index is 9.24. The Morgan fingerprint density at radius 2 is 1.83 bits per heavy atom. The fourth-order valence-electron chi connectivity index (χ4n) is 1.01. The van der Waals surface area contributed by atoms with Gasteiger partial charge in [-0.1, -0.05) is 0 Å². The number of benzene rings is 1. The fraction of sp³-hybridized carbons (Fsp3) is 0.250. The lowest BCUT2D eigenvalue weighted by Crippen LogP contribution is -2.02. The lowest BCUT2D eigenvalue weighted by Gasteiger charge is -2.05. The van der Waals surface area contributed by atoms with Crippen molar-refractivity contribution in [3.05, 3.63) is 17.7 Å². The van der Waals surface area contributed by atoms with Crippen LogP contribution in [0.2, 0.25) is 0 Å². The van der Waals surface area contributed by atoms with Crippen molar-refractivity contribution in [1.82, 2.24) is 0 Å². The van der Waals surface area contributed by atoms with Crippen molar-refractivity contribution < 1.29 is 15.3 Å². The van der Waals surface area contributed by atoms with E-state index >= 15 is 0 Å². The van der Waals surface area contributed by atoms with Gasteiger partial charge in [-0.3, -0.25) is 0 Å². The van der Waals surface area contributed by atoms with Crippen LogP contribution < -0.4 is 5.73 Å². The van der Waals surface area contributed by atoms with E-state index < -0.39 is 0 Å². The van der Waals surface area contributed by atoms with Crippen LogP contribution in [0.4, 0.5) is 0 Å². The standard InChI is InChI=1S/C8H11NO3/c9-2-1-5-3-6(10)4-7(11)8(5)12/h3-4,10-12H,1-2,9H2. The molecule has 0 amide bonds. The summed E-state index contributed by atoms with van der Waals surface area (Å²) in [5.41, 5.74) is 5.71. The highest BCUT2D eigenvalue weighted by atomic mass is 16.3. The molecule has 0 atom stereocenters. The van der Waals surface area contributed by atoms with Crippen LogP contribution in [-0.4, -0.2) is 21.9 Å². The summed E-state index contributed by atoms with van der Waals surface area (Å²) >= 11 is 0. The van der Waals surface area contributed by atoms with Crippen molar-refractivity contribution in [3.8, 4) is 17.2 Å². The molecule has 0 saturated carbocycles. The number of aromatic hydroxyl groups is 3. The van der Waals surface area contributed by atoms with Crippen molar-refractivity contribution in [1.29, 1.82) is 0 Å². The summed E-state index contributed by atoms with van der Waals surface area (Å²) in [6.07, 6.45) is 0.424. The zero-order valence-electron chi connectivity index (χ0n) is 6.49. The van der Waals surface area contributed by atoms with Crippen LogP contribution in [0.3, 0.4) is 0 Å². The van der Waals surface area contributed by atoms with Crippen LogP contribution >= 0.6 is 0 Å². The van der Waals surface area contributed by atoms with Gasteiger partial charge in [0.1, 0.15) is 5.75 Å². The highest BCUT2D eigenvalue weighted by molar-refractivity contribution is 5.49. The van der Waals surface area contributed by atoms with Crippen LogP contribution in [0.25, 0.3) is 0 Å². The third-order valence-corrected chi connectivity index (χ3v) is 1.57. The lowest BCUT2D eigenvalue weighted by molar-refractivity contribution is 0.392. The predicted molar refractivity (Wildman–Crippen MR) is 44.2 cm³/mol. The van der Waals surface area contributed by atoms with Gasteiger partial charge in [-0.2, -0.15) is 0 Å². The number of hydrogen-bond acceptors (Lipinski definition) is 4. The van der Waals surface area contributed by atoms with Crippen LogP contribution in [0, 0.1) is 0 Å². The molecule has 0 radical (unpaired) electrons. The van der Waals surface area contributed by atoms with E-state index in [0.717, 1.165) is 6.07 Å². The minimum absolute atomic E-state index is 0.0752. The first-order valence-electron chi connectivity index (χ1n) is 3.59. The molecule has 0 aliphatic carbocycles. The first-order valence-corrected chi connectivity index (χ1v) is 3.59. The molecule has 0 unspecified atom stereocenters. The van der Waals surface area contributed by atoms with E-state index in [1.54, 1.807) is 0 Å². The van der Waals surface area contributed by atoms with Crippen LogP contribution in [0.5, 0.6) is 17.2 Å². The molecule has 0 spiro atoms. The van der Waals surface area contributed by atoms with Crippen molar-refractivity contribution >= 4 is 0 Å². The lowest BCUT2D eigenvalue weighted by atomic mass is 10.1. The SMILES string of the molecule is NCCc1cc(O)cc(O)c1O. The van der Waals surface area contributed by atoms with Gasteiger partial charge in [0.05, 0.1) is 0 Å². The van der Waals surface area contributed by atoms with Gasteiger partial charge in [-0.05, 0) is 19.0 Å². The fourth-order valence-corrected chi connectivity index (χ4v) is 1.01. The Kier molecular flexibility index (Phi) is 2.40. The van der Waals surface area contributed by atoms with Gasteiger partial charge in [0, 0.05) is 11.6 Å². The third-order valence-electron chi connectivity index (χ3n) is 1.57. The number of nitrogens with two attached hydrogens (primary N) is 1. The summed E-state index contributed by atoms with van der Waals surface area (Å²) in [6.45, 7) is 0.358. The Labute approximate surface area is 69.9 Å². The van der Waals surface area contributed by atoms with E-state index in [-0.39, 0.29) is 17.2 Å². The molecule has 5 N–H and O–H groups in total. The normalized spacial score (nSPS) is 10.1. The van der Waals surface area contributed by atoms with Gasteiger partial charge in [-0.25, -0.2) is 0 Å². The second-order valence-electron chi connectivity index (χ2n) is 2.51. The zero-order valence-corrected chi connectivity index (χ0v) is 6.49. The van der Waals surface area contributed by atoms with E-state index in [1.807, 2.05) is 0 Å². The first kappa shape index (κ1) is 8.67. The van der Waals surface area contributed by atoms with Gasteiger partial charge in [0.25, 0.3) is 0 Å². The van der Waals surface area contributed by atoms with E-state index in [9.17, 15) is 5.11 Å². The molecule has 0 fully saturated rings. The molecule has 0 aliphatic heterocycles. The molecule has 0 heterocycles. The highest BCUT2D eigenvalue weighted by Gasteiger charge is 2.07. The average molecular weight is 169 g/mol. The van der Waals surface area contributed by atoms with Crippen molar-refractivity contribution in [2.45, 2.75) is 6.42 Å². The summed E-state index contributed by atoms with van der Waals surface area (Å²) in [5.74, 6) is -0.606. The van der Waals surface area contributed by atoms with Gasteiger partial charge in [0.15, 0.2) is 11.5 Å². The average Bonchev–Trinajstić information content (AvgIpc) is 2.00. The maximum Gasteiger partial charge on any atom is 0.161 e. The van der Waals surface area contributed by atoms with Gasteiger partial charge in [-0.15, -0.1) is 0 Å². The van der Waals surface area contributed by atoms with Gasteiger partial charge < -0.3 is 21.1 Å². The molecule has 66 valence electrons. The molecule has 0 aromatic heterocycles. The van der Waals surface area contributed by atoms with Crippen LogP contribution in [0.15, 0.2) is 12.1 Å². The molecule has 0 saturated heterocycles. The molecule has 1 aromatic rings. The Morgan fingerprint density at radius 1 is 1.17 bits per heavy atom. The molecule has 12 heavy (non-hydrogen) atoms. The molecular formula is C8H11NO3. The van der Waals surface area contributed by atoms with E-state index in [4.69, 9.17) is 15.9 Å². The number of rotatable bonds is 2. The van der Waals surface area contributed by atoms with Gasteiger partial charge >= 0.3 is 0 Å². The molecule has 4 nitrogen and oxygen atoms in total. The largest absolute Gasteiger partial charge is 0.508 e. The Bertz CT molecular complexity index is 286. The molecule has 4 heteroatoms. The number of phenolic OH excluding ortho intramolecular Hbond substituents is 3. The molecule has 0 aliphatic rings. The Morgan fingerprint density at radius 3 is 2.42 bits per heavy atom. The van der Waals surface area contributed by atoms with Gasteiger partial charge in [0.2, 0.25) is 0 Å². The van der Waals surface area contributed by atoms with Crippen molar-refractivity contribution in [3.63, 3.8) is 0 Å². The molecule has 1 rings (SSSR count). The maximum atomic E-state index is 9.24. The van der Waals surface area contributed by atoms with E-state index in [1.165, 1.54) is 6.07 Å². The Hall–Kier alpha value is -1.42. The predicted octanol–water partition coefficient (Wildman–Crippen LogP) is 0.305. The van der Waals surface area contributed by atoms with Crippen LogP contribution in [-0.2, 0) is 6.42 Å². The Balaban J connectivity index is 3.09. The van der Waals surface area contributed by atoms with E-state index in [0.29, 0.717) is 18.5 Å². The minimum atomic E-state index is -0.321. The van der Waals surface area contributed by atoms with Crippen molar-refractivity contribution in [2.75, 3.05) is 6.54 Å². The molecular weight excluding hydrogens is 158 g/mol. The van der Waals surface area contributed by atoms with Crippen LogP contribution in [0.1, 0.15) is 5.56 Å². The summed E-state index contributed by atoms with van der Waals surface area (Å²) in [4.78, 5) is 0. The second kappa shape index (κ2) is 3.32. The zero-order chi connectivity index (χ0) is 9.14. The number of phenols is 3. The van der Waals surface area contributed by atoms with Crippen molar-refractivity contribution in [2.24, 2.45) is 5.73 Å². The summed E-state index contributed by atoms with van der Waals surface area (Å²) in [5, 5.41) is 27.3. The van der Waals surface area contributed by atoms with E-state index in [2.05, 4.69) is 0 Å². The highest BCUT2D eigenvalue weighted by Crippen LogP contribution is 2.32. The first-order chi connectivity index (χ1) is 5.65. The molecule has 0 bridgehead atoms. The third kappa shape index (κ3) is 1.60. The monoisotopic (exact) mass is 169 g/mol. The quantitative estimate of drug-likeness (QED) is 0.379. The number of hydrogen-bond donors (Lipinski definition) is 4. The topological polar surface area (TPSA) is 86.7 Å². The minimum Gasteiger partial charge on any atom is -0.508 e. The summed E-state index contributed by atoms with van der Waals surface area (Å²) in [7, 11) is 0. The summed E-state index contributed by atoms with van der Waals surface area (Å²) < 4.78 is 0.